The Morgan fingerprint density at radius 2 is 1.67 bits per heavy atom. The average Bonchev–Trinajstić information content (AvgIpc) is 2.28. The van der Waals surface area contributed by atoms with Gasteiger partial charge in [-0.05, 0) is 19.4 Å². The van der Waals surface area contributed by atoms with Gasteiger partial charge in [-0.25, -0.2) is 4.79 Å². The van der Waals surface area contributed by atoms with Crippen LogP contribution in [0.15, 0.2) is 13.2 Å². The van der Waals surface area contributed by atoms with E-state index in [1.165, 1.54) is 0 Å². The molecule has 1 amide bonds. The van der Waals surface area contributed by atoms with Crippen LogP contribution in [-0.2, 0) is 0 Å². The van der Waals surface area contributed by atoms with Crippen LogP contribution in [0.2, 0.25) is 0 Å². The number of hydrogen-bond acceptors (Lipinski definition) is 2. The molecule has 0 unspecified atom stereocenters. The Bertz CT molecular complexity index is 121. The van der Waals surface area contributed by atoms with Crippen LogP contribution in [0.4, 0.5) is 9.18 Å². The van der Waals surface area contributed by atoms with Gasteiger partial charge in [-0.1, -0.05) is 26.7 Å². The van der Waals surface area contributed by atoms with Crippen molar-refractivity contribution >= 4 is 6.16 Å². The quantitative estimate of drug-likeness (QED) is 0.313. The number of halogens is 1. The molecule has 0 saturated heterocycles. The van der Waals surface area contributed by atoms with E-state index in [1.807, 2.05) is 13.8 Å². The van der Waals surface area contributed by atoms with Crippen LogP contribution in [0.3, 0.4) is 0 Å². The van der Waals surface area contributed by atoms with Gasteiger partial charge in [0.25, 0.3) is 0 Å². The van der Waals surface area contributed by atoms with Crippen molar-refractivity contribution in [1.29, 1.82) is 0 Å². The first kappa shape index (κ1) is 19.6. The molecule has 0 rings (SSSR count). The highest BCUT2D eigenvalue weighted by atomic mass is 19.1. The fourth-order valence-electron chi connectivity index (χ4n) is 0.810. The van der Waals surface area contributed by atoms with Crippen molar-refractivity contribution in [3.63, 3.8) is 0 Å². The third kappa shape index (κ3) is 32.0. The minimum absolute atomic E-state index is 0.430. The molecule has 0 aromatic carbocycles. The number of amides is 1. The van der Waals surface area contributed by atoms with Gasteiger partial charge in [-0.15, -0.1) is 17.5 Å². The summed E-state index contributed by atoms with van der Waals surface area (Å²) in [7, 11) is 0. The van der Waals surface area contributed by atoms with E-state index in [2.05, 4.69) is 18.5 Å². The van der Waals surface area contributed by atoms with Crippen molar-refractivity contribution in [1.82, 2.24) is 5.32 Å². The lowest BCUT2D eigenvalue weighted by Crippen LogP contribution is -2.18. The van der Waals surface area contributed by atoms with Gasteiger partial charge >= 0.3 is 6.16 Å². The van der Waals surface area contributed by atoms with E-state index < -0.39 is 6.16 Å². The van der Waals surface area contributed by atoms with Gasteiger partial charge in [0.1, 0.15) is 0 Å². The second-order valence-corrected chi connectivity index (χ2v) is 2.40. The number of nitrogens with two attached hydrogens (primary N) is 1. The predicted octanol–water partition coefficient (Wildman–Crippen LogP) is 3.01. The van der Waals surface area contributed by atoms with E-state index in [4.69, 9.17) is 5.73 Å². The first-order chi connectivity index (χ1) is 7.27. The number of hydrogen-bond donors (Lipinski definition) is 2. The zero-order valence-corrected chi connectivity index (χ0v) is 10.0. The largest absolute Gasteiger partial charge is 0.397 e. The van der Waals surface area contributed by atoms with Crippen molar-refractivity contribution < 1.29 is 9.18 Å². The van der Waals surface area contributed by atoms with Crippen molar-refractivity contribution in [3.8, 4) is 0 Å². The summed E-state index contributed by atoms with van der Waals surface area (Å²) in [6.45, 7) is 11.1. The molecule has 3 N–H and O–H groups in total. The topological polar surface area (TPSA) is 55.1 Å². The summed E-state index contributed by atoms with van der Waals surface area (Å²) in [4.78, 5) is 9.73. The monoisotopic (exact) mass is 220 g/mol. The van der Waals surface area contributed by atoms with Gasteiger partial charge in [-0.2, -0.15) is 0 Å². The molecule has 0 saturated carbocycles. The average molecular weight is 220 g/mol. The highest BCUT2D eigenvalue weighted by molar-refractivity contribution is 5.65. The van der Waals surface area contributed by atoms with Gasteiger partial charge in [0, 0.05) is 6.54 Å². The lowest BCUT2D eigenvalue weighted by atomic mass is 10.2. The number of nitrogens with one attached hydrogen (secondary N) is 1. The van der Waals surface area contributed by atoms with E-state index in [-0.39, 0.29) is 0 Å². The first-order valence-electron chi connectivity index (χ1n) is 5.40. The Labute approximate surface area is 92.9 Å². The number of unbranched alkanes of at least 4 members (excludes halogenated alkanes) is 3. The SMILES string of the molecule is C=C.CC.NCCCCCCNC(=O)F. The molecule has 0 spiro atoms. The van der Waals surface area contributed by atoms with Gasteiger partial charge < -0.3 is 11.1 Å². The maximum absolute atomic E-state index is 11.5. The molecule has 0 aliphatic heterocycles. The van der Waals surface area contributed by atoms with E-state index in [9.17, 15) is 9.18 Å². The Hall–Kier alpha value is -0.900. The summed E-state index contributed by atoms with van der Waals surface area (Å²) in [6, 6.07) is 0. The zero-order valence-electron chi connectivity index (χ0n) is 10.0. The van der Waals surface area contributed by atoms with Crippen LogP contribution in [0.5, 0.6) is 0 Å². The minimum atomic E-state index is -1.44. The number of carbonyl (C=O) groups is 1. The van der Waals surface area contributed by atoms with E-state index >= 15 is 0 Å². The smallest absolute Gasteiger partial charge is 0.330 e. The van der Waals surface area contributed by atoms with Crippen molar-refractivity contribution in [2.75, 3.05) is 13.1 Å². The summed E-state index contributed by atoms with van der Waals surface area (Å²) >= 11 is 0. The highest BCUT2D eigenvalue weighted by Gasteiger charge is 1.93. The molecule has 0 heterocycles. The molecule has 0 aromatic rings. The molecular weight excluding hydrogens is 195 g/mol. The molecule has 0 fully saturated rings. The van der Waals surface area contributed by atoms with E-state index in [0.29, 0.717) is 13.1 Å². The molecule has 0 atom stereocenters. The Balaban J connectivity index is -0.000000318. The molecule has 0 aliphatic carbocycles. The van der Waals surface area contributed by atoms with Crippen LogP contribution in [0.1, 0.15) is 39.5 Å². The van der Waals surface area contributed by atoms with Crippen LogP contribution in [0.25, 0.3) is 0 Å². The van der Waals surface area contributed by atoms with Crippen molar-refractivity contribution in [3.05, 3.63) is 13.2 Å². The van der Waals surface area contributed by atoms with Gasteiger partial charge in [-0.3, -0.25) is 0 Å². The number of rotatable bonds is 6. The van der Waals surface area contributed by atoms with Crippen LogP contribution < -0.4 is 11.1 Å². The molecule has 0 aliphatic rings. The molecule has 0 radical (unpaired) electrons. The van der Waals surface area contributed by atoms with E-state index in [1.54, 1.807) is 0 Å². The fraction of sp³-hybridized carbons (Fsp3) is 0.727. The lowest BCUT2D eigenvalue weighted by molar-refractivity contribution is 0.221. The predicted molar refractivity (Wildman–Crippen MR) is 64.6 cm³/mol. The third-order valence-electron chi connectivity index (χ3n) is 1.39. The van der Waals surface area contributed by atoms with Crippen molar-refractivity contribution in [2.24, 2.45) is 5.73 Å². The Morgan fingerprint density at radius 1 is 1.20 bits per heavy atom. The highest BCUT2D eigenvalue weighted by Crippen LogP contribution is 1.96. The maximum atomic E-state index is 11.5. The molecular formula is C11H25FN2O. The molecule has 0 bridgehead atoms. The summed E-state index contributed by atoms with van der Waals surface area (Å²) in [5, 5.41) is 2.09. The van der Waals surface area contributed by atoms with E-state index in [0.717, 1.165) is 25.7 Å². The van der Waals surface area contributed by atoms with Gasteiger partial charge in [0.05, 0.1) is 0 Å². The molecule has 92 valence electrons. The second-order valence-electron chi connectivity index (χ2n) is 2.40. The molecule has 15 heavy (non-hydrogen) atoms. The Morgan fingerprint density at radius 3 is 2.07 bits per heavy atom. The molecule has 3 nitrogen and oxygen atoms in total. The standard InChI is InChI=1S/C7H15FN2O.C2H6.C2H4/c8-7(11)10-6-4-2-1-3-5-9;2*1-2/h1-6,9H2,(H,10,11);1-2H3;1-2H2. The number of carbonyl (C=O) groups excluding carboxylic acids is 1. The zero-order chi connectivity index (χ0) is 12.5. The van der Waals surface area contributed by atoms with Crippen molar-refractivity contribution in [2.45, 2.75) is 39.5 Å². The van der Waals surface area contributed by atoms with Crippen LogP contribution >= 0.6 is 0 Å². The van der Waals surface area contributed by atoms with Gasteiger partial charge in [0.2, 0.25) is 0 Å². The second kappa shape index (κ2) is 23.2. The Kier molecular flexibility index (Phi) is 30.3. The summed E-state index contributed by atoms with van der Waals surface area (Å²) in [5.41, 5.74) is 5.26. The molecule has 4 heteroatoms. The fourth-order valence-corrected chi connectivity index (χ4v) is 0.810. The molecule has 0 aromatic heterocycles. The summed E-state index contributed by atoms with van der Waals surface area (Å²) in [5.74, 6) is 0. The van der Waals surface area contributed by atoms with Crippen LogP contribution in [-0.4, -0.2) is 19.3 Å². The van der Waals surface area contributed by atoms with Gasteiger partial charge in [0.15, 0.2) is 0 Å². The first-order valence-corrected chi connectivity index (χ1v) is 5.40. The maximum Gasteiger partial charge on any atom is 0.397 e. The normalized spacial score (nSPS) is 7.73. The summed E-state index contributed by atoms with van der Waals surface area (Å²) < 4.78 is 11.5. The van der Waals surface area contributed by atoms with Crippen LogP contribution in [0, 0.1) is 0 Å². The lowest BCUT2D eigenvalue weighted by Gasteiger charge is -1.98. The third-order valence-corrected chi connectivity index (χ3v) is 1.39. The summed E-state index contributed by atoms with van der Waals surface area (Å²) in [6.07, 6.45) is 2.44. The minimum Gasteiger partial charge on any atom is -0.330 e.